The SMILES string of the molecule is NN(c1ccc(S(=O)(=O)CCOS(=O)(=O)O)cc1)c1nc(Cl)nc(Nc2ccc(S(=O)(=O)CCOS(=O)(=O)O)cc2)n1. The van der Waals surface area contributed by atoms with Crippen LogP contribution in [0.3, 0.4) is 0 Å². The highest BCUT2D eigenvalue weighted by Gasteiger charge is 2.19. The van der Waals surface area contributed by atoms with Crippen molar-refractivity contribution < 1.29 is 51.1 Å². The van der Waals surface area contributed by atoms with Crippen molar-refractivity contribution in [2.24, 2.45) is 5.84 Å². The molecule has 23 heteroatoms. The van der Waals surface area contributed by atoms with Gasteiger partial charge < -0.3 is 5.32 Å². The van der Waals surface area contributed by atoms with Crippen LogP contribution in [0.15, 0.2) is 58.3 Å². The minimum Gasteiger partial charge on any atom is -0.324 e. The maximum atomic E-state index is 12.4. The molecule has 0 atom stereocenters. The van der Waals surface area contributed by atoms with Crippen molar-refractivity contribution in [2.45, 2.75) is 9.79 Å². The van der Waals surface area contributed by atoms with Gasteiger partial charge in [0.05, 0.1) is 40.2 Å². The van der Waals surface area contributed by atoms with Crippen LogP contribution in [-0.4, -0.2) is 82.4 Å². The summed E-state index contributed by atoms with van der Waals surface area (Å²) in [6, 6.07) is 10.1. The van der Waals surface area contributed by atoms with Gasteiger partial charge in [0, 0.05) is 5.69 Å². The van der Waals surface area contributed by atoms with E-state index in [-0.39, 0.29) is 32.7 Å². The Morgan fingerprint density at radius 2 is 1.19 bits per heavy atom. The van der Waals surface area contributed by atoms with Gasteiger partial charge in [0.1, 0.15) is 0 Å². The largest absolute Gasteiger partial charge is 0.397 e. The van der Waals surface area contributed by atoms with E-state index in [1.807, 2.05) is 0 Å². The highest BCUT2D eigenvalue weighted by Crippen LogP contribution is 2.24. The van der Waals surface area contributed by atoms with E-state index in [0.717, 1.165) is 5.01 Å². The van der Waals surface area contributed by atoms with E-state index in [9.17, 15) is 33.7 Å². The topological polar surface area (TPSA) is 275 Å². The zero-order valence-corrected chi connectivity index (χ0v) is 24.8. The van der Waals surface area contributed by atoms with E-state index in [0.29, 0.717) is 5.69 Å². The number of nitrogens with two attached hydrogens (primary N) is 1. The number of hydrazine groups is 1. The smallest absolute Gasteiger partial charge is 0.324 e. The average Bonchev–Trinajstić information content (AvgIpc) is 2.86. The third kappa shape index (κ3) is 10.0. The quantitative estimate of drug-likeness (QED) is 0.102. The van der Waals surface area contributed by atoms with Crippen LogP contribution in [0.4, 0.5) is 23.3 Å². The molecule has 0 radical (unpaired) electrons. The molecular formula is C19H21ClN6O12S4. The minimum atomic E-state index is -4.79. The van der Waals surface area contributed by atoms with E-state index < -0.39 is 65.2 Å². The molecule has 2 aromatic carbocycles. The monoisotopic (exact) mass is 688 g/mol. The second-order valence-electron chi connectivity index (χ2n) is 7.88. The number of nitrogens with one attached hydrogen (secondary N) is 1. The van der Waals surface area contributed by atoms with E-state index in [2.05, 4.69) is 28.6 Å². The van der Waals surface area contributed by atoms with Crippen molar-refractivity contribution in [3.8, 4) is 0 Å². The predicted molar refractivity (Wildman–Crippen MR) is 146 cm³/mol. The first-order chi connectivity index (χ1) is 19.3. The van der Waals surface area contributed by atoms with Gasteiger partial charge in [-0.3, -0.25) is 9.11 Å². The summed E-state index contributed by atoms with van der Waals surface area (Å²) >= 11 is 5.99. The molecular weight excluding hydrogens is 668 g/mol. The molecule has 18 nitrogen and oxygen atoms in total. The molecule has 3 aromatic rings. The Hall–Kier alpha value is -3.06. The van der Waals surface area contributed by atoms with Gasteiger partial charge >= 0.3 is 20.8 Å². The molecule has 230 valence electrons. The third-order valence-electron chi connectivity index (χ3n) is 4.92. The van der Waals surface area contributed by atoms with Gasteiger partial charge in [-0.05, 0) is 60.1 Å². The van der Waals surface area contributed by atoms with Crippen LogP contribution < -0.4 is 16.2 Å². The maximum Gasteiger partial charge on any atom is 0.397 e. The molecule has 0 fully saturated rings. The lowest BCUT2D eigenvalue weighted by molar-refractivity contribution is 0.282. The fourth-order valence-electron chi connectivity index (χ4n) is 3.04. The van der Waals surface area contributed by atoms with Crippen LogP contribution in [0.2, 0.25) is 5.28 Å². The van der Waals surface area contributed by atoms with Crippen LogP contribution >= 0.6 is 11.6 Å². The second kappa shape index (κ2) is 13.1. The average molecular weight is 689 g/mol. The molecule has 42 heavy (non-hydrogen) atoms. The van der Waals surface area contributed by atoms with Crippen molar-refractivity contribution in [3.63, 3.8) is 0 Å². The molecule has 0 aliphatic carbocycles. The fourth-order valence-corrected chi connectivity index (χ4v) is 6.17. The number of aromatic nitrogens is 3. The van der Waals surface area contributed by atoms with E-state index >= 15 is 0 Å². The first kappa shape index (κ1) is 33.4. The maximum absolute atomic E-state index is 12.4. The highest BCUT2D eigenvalue weighted by molar-refractivity contribution is 7.91. The Kier molecular flexibility index (Phi) is 10.4. The van der Waals surface area contributed by atoms with Crippen molar-refractivity contribution in [2.75, 3.05) is 35.0 Å². The fraction of sp³-hybridized carbons (Fsp3) is 0.211. The van der Waals surface area contributed by atoms with Gasteiger partial charge in [0.15, 0.2) is 19.7 Å². The number of anilines is 4. The zero-order valence-electron chi connectivity index (χ0n) is 20.8. The zero-order chi connectivity index (χ0) is 31.3. The van der Waals surface area contributed by atoms with Crippen molar-refractivity contribution >= 4 is 75.3 Å². The molecule has 1 heterocycles. The van der Waals surface area contributed by atoms with Gasteiger partial charge in [0.25, 0.3) is 5.95 Å². The van der Waals surface area contributed by atoms with Gasteiger partial charge in [-0.25, -0.2) is 36.1 Å². The lowest BCUT2D eigenvalue weighted by Gasteiger charge is -2.17. The number of rotatable bonds is 14. The third-order valence-corrected chi connectivity index (χ3v) is 9.41. The lowest BCUT2D eigenvalue weighted by atomic mass is 10.3. The molecule has 3 rings (SSSR count). The summed E-state index contributed by atoms with van der Waals surface area (Å²) < 4.78 is 117. The molecule has 5 N–H and O–H groups in total. The van der Waals surface area contributed by atoms with Crippen LogP contribution in [0.5, 0.6) is 0 Å². The summed E-state index contributed by atoms with van der Waals surface area (Å²) in [5, 5.41) is 3.46. The van der Waals surface area contributed by atoms with Crippen LogP contribution in [0, 0.1) is 0 Å². The summed E-state index contributed by atoms with van der Waals surface area (Å²) in [5.74, 6) is 4.35. The Bertz CT molecular complexity index is 1860. The summed E-state index contributed by atoms with van der Waals surface area (Å²) in [7, 11) is -17.5. The number of hydrogen-bond acceptors (Lipinski definition) is 16. The Morgan fingerprint density at radius 3 is 1.64 bits per heavy atom. The molecule has 0 saturated heterocycles. The van der Waals surface area contributed by atoms with Crippen LogP contribution in [-0.2, 0) is 48.8 Å². The lowest BCUT2D eigenvalue weighted by Crippen LogP contribution is -2.27. The number of nitrogens with zero attached hydrogens (tertiary/aromatic N) is 4. The Morgan fingerprint density at radius 1 is 0.738 bits per heavy atom. The molecule has 0 spiro atoms. The summed E-state index contributed by atoms with van der Waals surface area (Å²) in [6.45, 7) is -1.58. The molecule has 0 aliphatic rings. The number of hydrogen-bond donors (Lipinski definition) is 4. The van der Waals surface area contributed by atoms with Crippen LogP contribution in [0.25, 0.3) is 0 Å². The Labute approximate surface area is 245 Å². The van der Waals surface area contributed by atoms with Gasteiger partial charge in [-0.15, -0.1) is 0 Å². The summed E-state index contributed by atoms with van der Waals surface area (Å²) in [4.78, 5) is 11.6. The van der Waals surface area contributed by atoms with Gasteiger partial charge in [-0.2, -0.15) is 31.8 Å². The number of sulfone groups is 2. The van der Waals surface area contributed by atoms with E-state index in [4.69, 9.17) is 26.5 Å². The van der Waals surface area contributed by atoms with Crippen molar-refractivity contribution in [1.82, 2.24) is 15.0 Å². The first-order valence-corrected chi connectivity index (χ1v) is 17.4. The summed E-state index contributed by atoms with van der Waals surface area (Å²) in [5.41, 5.74) is 0.524. The number of benzene rings is 2. The van der Waals surface area contributed by atoms with Gasteiger partial charge in [0.2, 0.25) is 11.2 Å². The standard InChI is InChI=1S/C19H21ClN6O12S4/c20-17-23-18(22-13-1-5-15(6-2-13)39(27,28)11-9-37-41(31,32)33)25-19(24-17)26(21)14-3-7-16(8-4-14)40(29,30)12-10-38-42(34,35)36/h1-8H,9-12,21H2,(H,31,32,33)(H,34,35,36)(H,22,23,24,25). The van der Waals surface area contributed by atoms with Crippen molar-refractivity contribution in [3.05, 3.63) is 53.8 Å². The van der Waals surface area contributed by atoms with E-state index in [1.54, 1.807) is 0 Å². The second-order valence-corrected chi connectivity index (χ2v) is 14.6. The Balaban J connectivity index is 1.71. The van der Waals surface area contributed by atoms with Gasteiger partial charge in [-0.1, -0.05) is 0 Å². The molecule has 0 amide bonds. The van der Waals surface area contributed by atoms with Crippen LogP contribution in [0.1, 0.15) is 0 Å². The first-order valence-electron chi connectivity index (χ1n) is 11.0. The minimum absolute atomic E-state index is 0.101. The molecule has 0 unspecified atom stereocenters. The molecule has 0 aliphatic heterocycles. The normalized spacial score (nSPS) is 12.7. The molecule has 1 aromatic heterocycles. The van der Waals surface area contributed by atoms with E-state index in [1.165, 1.54) is 48.5 Å². The predicted octanol–water partition coefficient (Wildman–Crippen LogP) is 0.467. The molecule has 0 bridgehead atoms. The number of halogens is 1. The van der Waals surface area contributed by atoms with Crippen molar-refractivity contribution in [1.29, 1.82) is 0 Å². The highest BCUT2D eigenvalue weighted by atomic mass is 35.5. The summed E-state index contributed by atoms with van der Waals surface area (Å²) in [6.07, 6.45) is 0. The molecule has 0 saturated carbocycles.